The third-order valence-corrected chi connectivity index (χ3v) is 6.35. The molecule has 132 valence electrons. The fourth-order valence-electron chi connectivity index (χ4n) is 5.37. The van der Waals surface area contributed by atoms with Gasteiger partial charge < -0.3 is 0 Å². The summed E-state index contributed by atoms with van der Waals surface area (Å²) in [6.07, 6.45) is 16.1. The van der Waals surface area contributed by atoms with Crippen molar-refractivity contribution in [3.63, 3.8) is 0 Å². The van der Waals surface area contributed by atoms with Crippen molar-refractivity contribution in [3.05, 3.63) is 96.6 Å². The molecule has 1 unspecified atom stereocenters. The maximum Gasteiger partial charge on any atom is 0.0167 e. The minimum absolute atomic E-state index is 0.204. The average molecular weight is 341 g/mol. The predicted molar refractivity (Wildman–Crippen MR) is 112 cm³/mol. The quantitative estimate of drug-likeness (QED) is 0.464. The standard InChI is InChI=1S/C26H28/c1-3-5-19-26(18-4-2,20-12-6-7-13-20)25-23-16-10-8-14-21(23)22-15-9-11-17-24(22)25/h3,6-17,20,25H,1,4-5,18-19H2,2H3. The molecular formula is C26H28. The van der Waals surface area contributed by atoms with Crippen LogP contribution in [0, 0.1) is 11.3 Å². The third kappa shape index (κ3) is 2.60. The van der Waals surface area contributed by atoms with Crippen LogP contribution < -0.4 is 0 Å². The Bertz CT molecular complexity index is 796. The van der Waals surface area contributed by atoms with Gasteiger partial charge in [0.15, 0.2) is 0 Å². The summed E-state index contributed by atoms with van der Waals surface area (Å²) in [4.78, 5) is 0. The molecule has 0 heteroatoms. The van der Waals surface area contributed by atoms with E-state index in [9.17, 15) is 0 Å². The topological polar surface area (TPSA) is 0 Å². The molecule has 0 radical (unpaired) electrons. The molecule has 1 atom stereocenters. The van der Waals surface area contributed by atoms with Gasteiger partial charge in [0.2, 0.25) is 0 Å². The monoisotopic (exact) mass is 340 g/mol. The summed E-state index contributed by atoms with van der Waals surface area (Å²) in [5, 5.41) is 0. The normalized spacial score (nSPS) is 17.9. The zero-order valence-corrected chi connectivity index (χ0v) is 15.7. The number of hydrogen-bond donors (Lipinski definition) is 0. The average Bonchev–Trinajstić information content (AvgIpc) is 3.32. The van der Waals surface area contributed by atoms with Crippen molar-refractivity contribution in [3.8, 4) is 11.1 Å². The van der Waals surface area contributed by atoms with Crippen molar-refractivity contribution in [2.45, 2.75) is 38.5 Å². The van der Waals surface area contributed by atoms with Gasteiger partial charge in [-0.1, -0.05) is 92.3 Å². The zero-order chi connectivity index (χ0) is 18.0. The highest BCUT2D eigenvalue weighted by molar-refractivity contribution is 5.79. The van der Waals surface area contributed by atoms with E-state index in [1.54, 1.807) is 0 Å². The van der Waals surface area contributed by atoms with Crippen LogP contribution in [0.4, 0.5) is 0 Å². The highest BCUT2D eigenvalue weighted by atomic mass is 14.5. The molecule has 2 aromatic carbocycles. The Hall–Kier alpha value is -2.34. The van der Waals surface area contributed by atoms with Gasteiger partial charge in [0.1, 0.15) is 0 Å². The van der Waals surface area contributed by atoms with Gasteiger partial charge in [0.25, 0.3) is 0 Å². The zero-order valence-electron chi connectivity index (χ0n) is 15.7. The molecule has 2 aromatic rings. The van der Waals surface area contributed by atoms with E-state index in [1.807, 2.05) is 0 Å². The molecule has 4 rings (SSSR count). The van der Waals surface area contributed by atoms with Gasteiger partial charge in [-0.15, -0.1) is 6.58 Å². The summed E-state index contributed by atoms with van der Waals surface area (Å²) < 4.78 is 0. The number of allylic oxidation sites excluding steroid dienone is 5. The van der Waals surface area contributed by atoms with E-state index in [4.69, 9.17) is 0 Å². The first-order valence-electron chi connectivity index (χ1n) is 9.96. The van der Waals surface area contributed by atoms with Crippen LogP contribution in [0.1, 0.15) is 49.7 Å². The van der Waals surface area contributed by atoms with E-state index in [0.29, 0.717) is 11.8 Å². The van der Waals surface area contributed by atoms with Crippen molar-refractivity contribution >= 4 is 0 Å². The lowest BCUT2D eigenvalue weighted by molar-refractivity contribution is 0.164. The van der Waals surface area contributed by atoms with Crippen LogP contribution in [0.2, 0.25) is 0 Å². The van der Waals surface area contributed by atoms with Crippen LogP contribution in [-0.2, 0) is 0 Å². The third-order valence-electron chi connectivity index (χ3n) is 6.35. The maximum absolute atomic E-state index is 4.03. The van der Waals surface area contributed by atoms with Crippen LogP contribution in [0.15, 0.2) is 85.5 Å². The Labute approximate surface area is 158 Å². The molecule has 26 heavy (non-hydrogen) atoms. The van der Waals surface area contributed by atoms with E-state index in [2.05, 4.69) is 92.4 Å². The maximum atomic E-state index is 4.03. The lowest BCUT2D eigenvalue weighted by atomic mass is 9.59. The second kappa shape index (κ2) is 7.11. The van der Waals surface area contributed by atoms with Crippen molar-refractivity contribution in [2.24, 2.45) is 11.3 Å². The van der Waals surface area contributed by atoms with Gasteiger partial charge in [-0.25, -0.2) is 0 Å². The fourth-order valence-corrected chi connectivity index (χ4v) is 5.37. The van der Waals surface area contributed by atoms with Gasteiger partial charge in [0.05, 0.1) is 0 Å². The SMILES string of the molecule is C=CCCC(CCC)(C1C=CC=C1)C1c2ccccc2-c2ccccc21. The Morgan fingerprint density at radius 1 is 0.885 bits per heavy atom. The largest absolute Gasteiger partial charge is 0.103 e. The molecule has 0 N–H and O–H groups in total. The Morgan fingerprint density at radius 3 is 2.00 bits per heavy atom. The van der Waals surface area contributed by atoms with E-state index in [-0.39, 0.29) is 5.41 Å². The van der Waals surface area contributed by atoms with E-state index in [0.717, 1.165) is 6.42 Å². The summed E-state index contributed by atoms with van der Waals surface area (Å²) in [5.74, 6) is 0.943. The minimum Gasteiger partial charge on any atom is -0.103 e. The first-order valence-corrected chi connectivity index (χ1v) is 9.96. The summed E-state index contributed by atoms with van der Waals surface area (Å²) >= 11 is 0. The van der Waals surface area contributed by atoms with Crippen molar-refractivity contribution in [1.82, 2.24) is 0 Å². The van der Waals surface area contributed by atoms with E-state index >= 15 is 0 Å². The molecule has 0 aliphatic heterocycles. The molecule has 2 aliphatic carbocycles. The molecule has 0 fully saturated rings. The number of benzene rings is 2. The molecule has 0 spiro atoms. The predicted octanol–water partition coefficient (Wildman–Crippen LogP) is 7.29. The van der Waals surface area contributed by atoms with Crippen LogP contribution in [0.3, 0.4) is 0 Å². The van der Waals surface area contributed by atoms with Crippen molar-refractivity contribution < 1.29 is 0 Å². The summed E-state index contributed by atoms with van der Waals surface area (Å²) in [6, 6.07) is 18.1. The molecule has 2 aliphatic rings. The van der Waals surface area contributed by atoms with Crippen LogP contribution >= 0.6 is 0 Å². The Morgan fingerprint density at radius 2 is 1.46 bits per heavy atom. The van der Waals surface area contributed by atoms with Gasteiger partial charge in [-0.2, -0.15) is 0 Å². The van der Waals surface area contributed by atoms with Crippen LogP contribution in [-0.4, -0.2) is 0 Å². The van der Waals surface area contributed by atoms with Crippen molar-refractivity contribution in [1.29, 1.82) is 0 Å². The summed E-state index contributed by atoms with van der Waals surface area (Å²) in [7, 11) is 0. The number of fused-ring (bicyclic) bond motifs is 3. The highest BCUT2D eigenvalue weighted by Crippen LogP contribution is 2.60. The lowest BCUT2D eigenvalue weighted by Crippen LogP contribution is -2.35. The molecule has 0 aromatic heterocycles. The molecule has 0 saturated heterocycles. The van der Waals surface area contributed by atoms with Gasteiger partial charge in [-0.05, 0) is 46.9 Å². The molecule has 0 saturated carbocycles. The number of rotatable bonds is 7. The second-order valence-corrected chi connectivity index (χ2v) is 7.71. The van der Waals surface area contributed by atoms with Crippen LogP contribution in [0.25, 0.3) is 11.1 Å². The lowest BCUT2D eigenvalue weighted by Gasteiger charge is -2.44. The van der Waals surface area contributed by atoms with Crippen LogP contribution in [0.5, 0.6) is 0 Å². The number of hydrogen-bond acceptors (Lipinski definition) is 0. The van der Waals surface area contributed by atoms with E-state index in [1.165, 1.54) is 41.5 Å². The smallest absolute Gasteiger partial charge is 0.0167 e. The minimum atomic E-state index is 0.204. The van der Waals surface area contributed by atoms with Gasteiger partial charge in [-0.3, -0.25) is 0 Å². The molecule has 0 amide bonds. The highest BCUT2D eigenvalue weighted by Gasteiger charge is 2.47. The first kappa shape index (κ1) is 17.1. The van der Waals surface area contributed by atoms with Gasteiger partial charge in [0, 0.05) is 11.8 Å². The summed E-state index contributed by atoms with van der Waals surface area (Å²) in [5.41, 5.74) is 6.09. The van der Waals surface area contributed by atoms with E-state index < -0.39 is 0 Å². The Kier molecular flexibility index (Phi) is 4.68. The second-order valence-electron chi connectivity index (χ2n) is 7.71. The summed E-state index contributed by atoms with van der Waals surface area (Å²) in [6.45, 7) is 6.36. The Balaban J connectivity index is 1.94. The molecule has 0 bridgehead atoms. The first-order chi connectivity index (χ1) is 12.8. The van der Waals surface area contributed by atoms with Crippen molar-refractivity contribution in [2.75, 3.05) is 0 Å². The fraction of sp³-hybridized carbons (Fsp3) is 0.308. The molecular weight excluding hydrogens is 312 g/mol. The van der Waals surface area contributed by atoms with Gasteiger partial charge >= 0.3 is 0 Å². The molecule has 0 nitrogen and oxygen atoms in total. The molecule has 0 heterocycles.